The molecule has 1 amide bonds. The van der Waals surface area contributed by atoms with Gasteiger partial charge in [0.1, 0.15) is 5.75 Å². The molecule has 0 saturated carbocycles. The van der Waals surface area contributed by atoms with Gasteiger partial charge in [0.2, 0.25) is 0 Å². The van der Waals surface area contributed by atoms with Gasteiger partial charge in [-0.05, 0) is 18.6 Å². The van der Waals surface area contributed by atoms with E-state index in [4.69, 9.17) is 33.0 Å². The molecule has 2 N–H and O–H groups in total. The van der Waals surface area contributed by atoms with E-state index in [0.29, 0.717) is 35.2 Å². The Bertz CT molecular complexity index is 580. The second-order valence-electron chi connectivity index (χ2n) is 5.38. The number of rotatable bonds is 2. The highest BCUT2D eigenvalue weighted by Crippen LogP contribution is 2.43. The lowest BCUT2D eigenvalue weighted by Gasteiger charge is -2.33. The highest BCUT2D eigenvalue weighted by atomic mass is 35.5. The predicted octanol–water partition coefficient (Wildman–Crippen LogP) is 1.77. The number of phenolic OH excluding ortho intramolecular Hbond substituents is 1. The number of aliphatic hydroxyl groups is 1. The highest BCUT2D eigenvalue weighted by molar-refractivity contribution is 6.42. The van der Waals surface area contributed by atoms with Gasteiger partial charge in [0, 0.05) is 18.0 Å². The molecule has 2 heterocycles. The number of hydrogen-bond donors (Lipinski definition) is 2. The Morgan fingerprint density at radius 1 is 1.38 bits per heavy atom. The van der Waals surface area contributed by atoms with Crippen molar-refractivity contribution in [1.29, 1.82) is 0 Å². The molecule has 2 saturated heterocycles. The number of phenols is 1. The van der Waals surface area contributed by atoms with Crippen molar-refractivity contribution in [2.75, 3.05) is 19.8 Å². The number of ether oxygens (including phenoxy) is 1. The van der Waals surface area contributed by atoms with Gasteiger partial charge in [0.05, 0.1) is 29.3 Å². The number of amides is 1. The van der Waals surface area contributed by atoms with Crippen molar-refractivity contribution in [1.82, 2.24) is 4.90 Å². The van der Waals surface area contributed by atoms with Crippen LogP contribution in [0.2, 0.25) is 10.0 Å². The molecule has 2 fully saturated rings. The van der Waals surface area contributed by atoms with Gasteiger partial charge in [-0.3, -0.25) is 4.79 Å². The quantitative estimate of drug-likeness (QED) is 0.866. The highest BCUT2D eigenvalue weighted by Gasteiger charge is 2.43. The van der Waals surface area contributed by atoms with Crippen LogP contribution in [0, 0.1) is 0 Å². The number of hydrogen-bond acceptors (Lipinski definition) is 4. The van der Waals surface area contributed by atoms with Crippen LogP contribution in [-0.4, -0.2) is 52.9 Å². The molecule has 0 aromatic heterocycles. The molecule has 3 rings (SSSR count). The average molecular weight is 332 g/mol. The summed E-state index contributed by atoms with van der Waals surface area (Å²) in [7, 11) is 0. The zero-order valence-electron chi connectivity index (χ0n) is 11.1. The van der Waals surface area contributed by atoms with Gasteiger partial charge in [-0.2, -0.15) is 0 Å². The zero-order valence-corrected chi connectivity index (χ0v) is 12.6. The van der Waals surface area contributed by atoms with Crippen LogP contribution < -0.4 is 0 Å². The minimum Gasteiger partial charge on any atom is -0.508 e. The van der Waals surface area contributed by atoms with Crippen LogP contribution in [0.3, 0.4) is 0 Å². The maximum atomic E-state index is 12.2. The molecule has 5 nitrogen and oxygen atoms in total. The molecular formula is C14H15Cl2NO4. The fourth-order valence-electron chi connectivity index (χ4n) is 3.11. The fraction of sp³-hybridized carbons (Fsp3) is 0.500. The van der Waals surface area contributed by atoms with Crippen molar-refractivity contribution in [2.24, 2.45) is 0 Å². The molecule has 0 radical (unpaired) electrons. The topological polar surface area (TPSA) is 70.0 Å². The molecule has 0 aliphatic carbocycles. The molecule has 114 valence electrons. The third-order valence-electron chi connectivity index (χ3n) is 4.15. The van der Waals surface area contributed by atoms with Gasteiger partial charge in [-0.1, -0.05) is 23.2 Å². The van der Waals surface area contributed by atoms with Gasteiger partial charge in [-0.15, -0.1) is 0 Å². The van der Waals surface area contributed by atoms with Crippen LogP contribution in [0.5, 0.6) is 5.75 Å². The Morgan fingerprint density at radius 3 is 2.86 bits per heavy atom. The Hall–Kier alpha value is -1.01. The summed E-state index contributed by atoms with van der Waals surface area (Å²) in [6, 6.07) is 3.00. The van der Waals surface area contributed by atoms with E-state index in [1.54, 1.807) is 11.0 Å². The van der Waals surface area contributed by atoms with Gasteiger partial charge in [0.15, 0.2) is 6.10 Å². The van der Waals surface area contributed by atoms with Crippen LogP contribution in [-0.2, 0) is 9.53 Å². The maximum Gasteiger partial charge on any atom is 0.254 e. The summed E-state index contributed by atoms with van der Waals surface area (Å²) >= 11 is 12.2. The number of carbonyl (C=O) groups is 1. The first-order chi connectivity index (χ1) is 10.0. The van der Waals surface area contributed by atoms with E-state index in [2.05, 4.69) is 0 Å². The lowest BCUT2D eigenvalue weighted by atomic mass is 9.95. The molecular weight excluding hydrogens is 317 g/mol. The molecule has 0 bridgehead atoms. The zero-order chi connectivity index (χ0) is 15.1. The van der Waals surface area contributed by atoms with Gasteiger partial charge in [0.25, 0.3) is 5.91 Å². The number of fused-ring (bicyclic) bond motifs is 1. The number of carbonyl (C=O) groups excluding carboxylic acids is 1. The van der Waals surface area contributed by atoms with E-state index >= 15 is 0 Å². The first kappa shape index (κ1) is 14.9. The summed E-state index contributed by atoms with van der Waals surface area (Å²) in [4.78, 5) is 13.9. The summed E-state index contributed by atoms with van der Waals surface area (Å²) in [5.74, 6) is -0.221. The molecule has 2 aliphatic rings. The van der Waals surface area contributed by atoms with Crippen molar-refractivity contribution >= 4 is 29.1 Å². The largest absolute Gasteiger partial charge is 0.508 e. The second-order valence-corrected chi connectivity index (χ2v) is 6.16. The van der Waals surface area contributed by atoms with Crippen molar-refractivity contribution in [3.8, 4) is 5.75 Å². The number of morpholine rings is 1. The number of aliphatic hydroxyl groups excluding tert-OH is 1. The van der Waals surface area contributed by atoms with E-state index in [1.165, 1.54) is 6.07 Å². The molecule has 0 unspecified atom stereocenters. The Kier molecular flexibility index (Phi) is 4.01. The lowest BCUT2D eigenvalue weighted by molar-refractivity contribution is -0.159. The third-order valence-corrected chi connectivity index (χ3v) is 4.97. The van der Waals surface area contributed by atoms with Crippen LogP contribution in [0.25, 0.3) is 0 Å². The summed E-state index contributed by atoms with van der Waals surface area (Å²) in [5.41, 5.74) is 0.576. The van der Waals surface area contributed by atoms with E-state index in [0.717, 1.165) is 0 Å². The minimum absolute atomic E-state index is 0.0558. The normalized spacial score (nSPS) is 28.8. The van der Waals surface area contributed by atoms with Crippen LogP contribution in [0.15, 0.2) is 12.1 Å². The smallest absolute Gasteiger partial charge is 0.254 e. The molecule has 7 heteroatoms. The fourth-order valence-corrected chi connectivity index (χ4v) is 3.59. The summed E-state index contributed by atoms with van der Waals surface area (Å²) in [6.45, 7) is 0.499. The minimum atomic E-state index is -0.788. The van der Waals surface area contributed by atoms with Crippen molar-refractivity contribution in [2.45, 2.75) is 24.5 Å². The number of benzene rings is 1. The third kappa shape index (κ3) is 2.48. The van der Waals surface area contributed by atoms with Crippen LogP contribution >= 0.6 is 23.2 Å². The van der Waals surface area contributed by atoms with E-state index in [9.17, 15) is 9.90 Å². The number of aromatic hydroxyl groups is 1. The van der Waals surface area contributed by atoms with Gasteiger partial charge >= 0.3 is 0 Å². The molecule has 2 aliphatic heterocycles. The van der Waals surface area contributed by atoms with Crippen molar-refractivity contribution in [3.63, 3.8) is 0 Å². The lowest BCUT2D eigenvalue weighted by Crippen LogP contribution is -2.52. The van der Waals surface area contributed by atoms with Crippen molar-refractivity contribution in [3.05, 3.63) is 27.7 Å². The maximum absolute atomic E-state index is 12.2. The molecule has 1 aromatic rings. The van der Waals surface area contributed by atoms with Crippen molar-refractivity contribution < 1.29 is 19.7 Å². The Balaban J connectivity index is 1.88. The summed E-state index contributed by atoms with van der Waals surface area (Å²) < 4.78 is 5.36. The monoisotopic (exact) mass is 331 g/mol. The average Bonchev–Trinajstić information content (AvgIpc) is 2.88. The van der Waals surface area contributed by atoms with Gasteiger partial charge < -0.3 is 19.8 Å². The van der Waals surface area contributed by atoms with E-state index < -0.39 is 6.10 Å². The SMILES string of the molecule is O=C1[C@@H](CO)OC[C@@H]2C[C@H](c3c(O)ccc(Cl)c3Cl)CN12. The number of halogens is 2. The van der Waals surface area contributed by atoms with Crippen LogP contribution in [0.4, 0.5) is 0 Å². The van der Waals surface area contributed by atoms with E-state index in [1.807, 2.05) is 0 Å². The standard InChI is InChI=1S/C14H15Cl2NO4/c15-9-1-2-10(19)12(13(9)16)7-3-8-6-21-11(5-18)14(20)17(8)4-7/h1-2,7-8,11,18-19H,3-6H2/t7-,8-,11+/m0/s1. The van der Waals surface area contributed by atoms with E-state index in [-0.39, 0.29) is 30.2 Å². The molecule has 1 aromatic carbocycles. The molecule has 21 heavy (non-hydrogen) atoms. The second kappa shape index (κ2) is 5.65. The first-order valence-electron chi connectivity index (χ1n) is 6.72. The Morgan fingerprint density at radius 2 is 2.14 bits per heavy atom. The van der Waals surface area contributed by atoms with Gasteiger partial charge in [-0.25, -0.2) is 0 Å². The number of nitrogens with zero attached hydrogens (tertiary/aromatic N) is 1. The predicted molar refractivity (Wildman–Crippen MR) is 77.8 cm³/mol. The molecule has 0 spiro atoms. The molecule has 3 atom stereocenters. The summed E-state index contributed by atoms with van der Waals surface area (Å²) in [5, 5.41) is 19.9. The Labute approximate surface area is 132 Å². The van der Waals surface area contributed by atoms with Crippen LogP contribution in [0.1, 0.15) is 17.9 Å². The summed E-state index contributed by atoms with van der Waals surface area (Å²) in [6.07, 6.45) is -0.138. The first-order valence-corrected chi connectivity index (χ1v) is 7.48.